The molecule has 26 heavy (non-hydrogen) atoms. The Kier molecular flexibility index (Phi) is 3.78. The van der Waals surface area contributed by atoms with Crippen LogP contribution >= 0.6 is 0 Å². The third-order valence-corrected chi connectivity index (χ3v) is 3.97. The Morgan fingerprint density at radius 3 is 2.50 bits per heavy atom. The van der Waals surface area contributed by atoms with Crippen LogP contribution in [0.4, 0.5) is 17.6 Å². The second kappa shape index (κ2) is 6.01. The number of halogens is 4. The summed E-state index contributed by atoms with van der Waals surface area (Å²) in [6.07, 6.45) is 0. The van der Waals surface area contributed by atoms with Gasteiger partial charge in [-0.1, -0.05) is 6.07 Å². The van der Waals surface area contributed by atoms with Gasteiger partial charge in [-0.3, -0.25) is 4.79 Å². The predicted molar refractivity (Wildman–Crippen MR) is 79.3 cm³/mol. The summed E-state index contributed by atoms with van der Waals surface area (Å²) in [4.78, 5) is 16.2. The van der Waals surface area contributed by atoms with Gasteiger partial charge in [0.2, 0.25) is 18.4 Å². The van der Waals surface area contributed by atoms with Gasteiger partial charge in [-0.25, -0.2) is 13.8 Å². The van der Waals surface area contributed by atoms with Crippen LogP contribution in [-0.4, -0.2) is 25.1 Å². The van der Waals surface area contributed by atoms with Gasteiger partial charge in [-0.05, 0) is 18.2 Å². The van der Waals surface area contributed by atoms with Gasteiger partial charge in [0.25, 0.3) is 11.7 Å². The fourth-order valence-electron chi connectivity index (χ4n) is 2.73. The standard InChI is InChI=1S/C17H9F4NO4/c18-8-2-1-3-9(19)12(8)15(23)17-22-10(5-24-17)7-4-11-13(20)14(21)16(7)26-6-25-11/h1-4,10H,5-6H2. The van der Waals surface area contributed by atoms with Crippen LogP contribution in [0.25, 0.3) is 0 Å². The molecule has 0 saturated carbocycles. The minimum atomic E-state index is -1.25. The molecule has 1 unspecified atom stereocenters. The van der Waals surface area contributed by atoms with E-state index in [2.05, 4.69) is 4.99 Å². The summed E-state index contributed by atoms with van der Waals surface area (Å²) in [7, 11) is 0. The molecule has 0 spiro atoms. The molecule has 3 aliphatic rings. The van der Waals surface area contributed by atoms with Crippen molar-refractivity contribution in [1.82, 2.24) is 0 Å². The monoisotopic (exact) mass is 367 g/mol. The summed E-state index contributed by atoms with van der Waals surface area (Å²) < 4.78 is 70.3. The third-order valence-electron chi connectivity index (χ3n) is 3.97. The van der Waals surface area contributed by atoms with Crippen molar-refractivity contribution in [2.45, 2.75) is 6.04 Å². The van der Waals surface area contributed by atoms with Crippen LogP contribution in [0.5, 0.6) is 11.5 Å². The molecular formula is C17H9F4NO4. The molecule has 2 aromatic rings. The Bertz CT molecular complexity index is 940. The van der Waals surface area contributed by atoms with Crippen molar-refractivity contribution in [2.75, 3.05) is 13.4 Å². The molecule has 3 aliphatic heterocycles. The van der Waals surface area contributed by atoms with Gasteiger partial charge in [0.05, 0.1) is 5.56 Å². The van der Waals surface area contributed by atoms with E-state index in [-0.39, 0.29) is 17.9 Å². The SMILES string of the molecule is O=C(C1=NC(c2cc3c(F)c(F)c2OCO3)CO1)c1c(F)cccc1F. The van der Waals surface area contributed by atoms with Crippen LogP contribution in [0.1, 0.15) is 22.0 Å². The molecule has 0 N–H and O–H groups in total. The molecule has 0 aromatic heterocycles. The maximum Gasteiger partial charge on any atom is 0.259 e. The Morgan fingerprint density at radius 2 is 1.77 bits per heavy atom. The minimum Gasteiger partial charge on any atom is -0.472 e. The average Bonchev–Trinajstić information content (AvgIpc) is 2.94. The lowest BCUT2D eigenvalue weighted by Crippen LogP contribution is -2.17. The van der Waals surface area contributed by atoms with Gasteiger partial charge in [-0.15, -0.1) is 0 Å². The third kappa shape index (κ3) is 2.47. The molecule has 5 nitrogen and oxygen atoms in total. The van der Waals surface area contributed by atoms with E-state index in [1.165, 1.54) is 6.07 Å². The van der Waals surface area contributed by atoms with Crippen LogP contribution in [0.3, 0.4) is 0 Å². The number of nitrogens with zero attached hydrogens (tertiary/aromatic N) is 1. The molecule has 0 aliphatic carbocycles. The average molecular weight is 367 g/mol. The van der Waals surface area contributed by atoms with Crippen LogP contribution < -0.4 is 9.47 Å². The molecular weight excluding hydrogens is 358 g/mol. The number of ketones is 1. The number of hydrogen-bond donors (Lipinski definition) is 0. The Labute approximate surface area is 143 Å². The highest BCUT2D eigenvalue weighted by atomic mass is 19.2. The zero-order valence-electron chi connectivity index (χ0n) is 12.9. The van der Waals surface area contributed by atoms with Gasteiger partial charge in [-0.2, -0.15) is 8.78 Å². The topological polar surface area (TPSA) is 57.1 Å². The number of aliphatic imine (C=N–C) groups is 1. The van der Waals surface area contributed by atoms with E-state index >= 15 is 0 Å². The van der Waals surface area contributed by atoms with Gasteiger partial charge < -0.3 is 14.2 Å². The number of ether oxygens (including phenoxy) is 3. The van der Waals surface area contributed by atoms with Gasteiger partial charge in [0.1, 0.15) is 24.3 Å². The molecule has 1 atom stereocenters. The predicted octanol–water partition coefficient (Wildman–Crippen LogP) is 3.32. The summed E-state index contributed by atoms with van der Waals surface area (Å²) in [6, 6.07) is 3.24. The lowest BCUT2D eigenvalue weighted by Gasteiger charge is -2.10. The number of carbonyl (C=O) groups is 1. The number of Topliss-reactive ketones (excluding diaryl/α,β-unsaturated/α-hetero) is 1. The number of hydrogen-bond acceptors (Lipinski definition) is 5. The Balaban J connectivity index is 1.71. The fourth-order valence-corrected chi connectivity index (χ4v) is 2.73. The van der Waals surface area contributed by atoms with Crippen LogP contribution in [0, 0.1) is 23.3 Å². The molecule has 134 valence electrons. The van der Waals surface area contributed by atoms with Gasteiger partial charge >= 0.3 is 0 Å². The molecule has 9 heteroatoms. The summed E-state index contributed by atoms with van der Waals surface area (Å²) >= 11 is 0. The van der Waals surface area contributed by atoms with E-state index in [4.69, 9.17) is 14.2 Å². The highest BCUT2D eigenvalue weighted by Crippen LogP contribution is 2.40. The fraction of sp³-hybridized carbons (Fsp3) is 0.176. The molecule has 2 aromatic carbocycles. The molecule has 0 amide bonds. The second-order valence-corrected chi connectivity index (χ2v) is 5.51. The van der Waals surface area contributed by atoms with E-state index < -0.39 is 59.1 Å². The van der Waals surface area contributed by atoms with Gasteiger partial charge in [0, 0.05) is 5.56 Å². The smallest absolute Gasteiger partial charge is 0.259 e. The summed E-state index contributed by atoms with van der Waals surface area (Å²) in [5, 5.41) is 0. The lowest BCUT2D eigenvalue weighted by atomic mass is 10.1. The van der Waals surface area contributed by atoms with Crippen LogP contribution in [0.2, 0.25) is 0 Å². The zero-order chi connectivity index (χ0) is 18.4. The number of rotatable bonds is 3. The van der Waals surface area contributed by atoms with Crippen LogP contribution in [0.15, 0.2) is 29.3 Å². The lowest BCUT2D eigenvalue weighted by molar-refractivity contribution is 0.102. The van der Waals surface area contributed by atoms with E-state index in [1.807, 2.05) is 0 Å². The first-order chi connectivity index (χ1) is 12.5. The summed E-state index contributed by atoms with van der Waals surface area (Å²) in [5.41, 5.74) is -0.699. The van der Waals surface area contributed by atoms with E-state index in [9.17, 15) is 22.4 Å². The number of carbonyl (C=O) groups excluding carboxylic acids is 1. The molecule has 0 saturated heterocycles. The van der Waals surface area contributed by atoms with Crippen molar-refractivity contribution in [3.8, 4) is 11.5 Å². The summed E-state index contributed by atoms with van der Waals surface area (Å²) in [5.74, 6) is -6.96. The van der Waals surface area contributed by atoms with Gasteiger partial charge in [0.15, 0.2) is 11.5 Å². The first kappa shape index (κ1) is 16.4. The number of fused-ring (bicyclic) bond motifs is 4. The molecule has 5 rings (SSSR count). The Morgan fingerprint density at radius 1 is 1.04 bits per heavy atom. The molecule has 0 radical (unpaired) electrons. The largest absolute Gasteiger partial charge is 0.472 e. The van der Waals surface area contributed by atoms with Crippen molar-refractivity contribution in [3.63, 3.8) is 0 Å². The van der Waals surface area contributed by atoms with E-state index in [0.717, 1.165) is 18.2 Å². The quantitative estimate of drug-likeness (QED) is 0.617. The van der Waals surface area contributed by atoms with Crippen molar-refractivity contribution in [3.05, 3.63) is 58.7 Å². The summed E-state index contributed by atoms with van der Waals surface area (Å²) in [6.45, 7) is -0.604. The first-order valence-electron chi connectivity index (χ1n) is 7.44. The zero-order valence-corrected chi connectivity index (χ0v) is 12.9. The highest BCUT2D eigenvalue weighted by Gasteiger charge is 2.34. The highest BCUT2D eigenvalue weighted by molar-refractivity contribution is 6.43. The maximum absolute atomic E-state index is 14.0. The van der Waals surface area contributed by atoms with Crippen molar-refractivity contribution in [2.24, 2.45) is 4.99 Å². The Hall–Kier alpha value is -3.10. The number of benzene rings is 2. The molecule has 3 heterocycles. The molecule has 0 fully saturated rings. The van der Waals surface area contributed by atoms with Crippen molar-refractivity contribution < 1.29 is 36.6 Å². The van der Waals surface area contributed by atoms with Crippen LogP contribution in [-0.2, 0) is 4.74 Å². The van der Waals surface area contributed by atoms with E-state index in [0.29, 0.717) is 0 Å². The maximum atomic E-state index is 14.0. The van der Waals surface area contributed by atoms with Crippen molar-refractivity contribution >= 4 is 11.7 Å². The van der Waals surface area contributed by atoms with Crippen molar-refractivity contribution in [1.29, 1.82) is 0 Å². The first-order valence-corrected chi connectivity index (χ1v) is 7.44. The second-order valence-electron chi connectivity index (χ2n) is 5.51. The molecule has 2 bridgehead atoms. The normalized spacial score (nSPS) is 17.8. The van der Waals surface area contributed by atoms with E-state index in [1.54, 1.807) is 0 Å². The minimum absolute atomic E-state index is 0.105.